The molecule has 0 spiro atoms. The smallest absolute Gasteiger partial charge is 0.311 e. The molecule has 0 aromatic heterocycles. The lowest BCUT2D eigenvalue weighted by molar-refractivity contribution is -0.239. The summed E-state index contributed by atoms with van der Waals surface area (Å²) in [5.74, 6) is 0. The van der Waals surface area contributed by atoms with E-state index in [4.69, 9.17) is 4.89 Å². The van der Waals surface area contributed by atoms with Gasteiger partial charge < -0.3 is 4.81 Å². The van der Waals surface area contributed by atoms with E-state index in [9.17, 15) is 0 Å². The minimum Gasteiger partial charge on any atom is -0.311 e. The van der Waals surface area contributed by atoms with Gasteiger partial charge in [0.1, 0.15) is 0 Å². The van der Waals surface area contributed by atoms with Crippen molar-refractivity contribution in [2.24, 2.45) is 5.41 Å². The third-order valence-electron chi connectivity index (χ3n) is 1.22. The van der Waals surface area contributed by atoms with E-state index in [1.807, 2.05) is 0 Å². The first-order valence-corrected chi connectivity index (χ1v) is 2.81. The number of hydrogen-bond acceptors (Lipinski definition) is 2. The lowest BCUT2D eigenvalue weighted by Gasteiger charge is -2.26. The maximum atomic E-state index is 4.73. The predicted molar refractivity (Wildman–Crippen MR) is 31.4 cm³/mol. The van der Waals surface area contributed by atoms with E-state index in [1.165, 1.54) is 0 Å². The van der Waals surface area contributed by atoms with Crippen molar-refractivity contribution in [3.63, 3.8) is 0 Å². The maximum Gasteiger partial charge on any atom is 0.344 e. The van der Waals surface area contributed by atoms with Gasteiger partial charge in [-0.05, 0) is 11.7 Å². The zero-order valence-electron chi connectivity index (χ0n) is 5.31. The van der Waals surface area contributed by atoms with Gasteiger partial charge in [-0.3, -0.25) is 4.89 Å². The molecule has 1 fully saturated rings. The fraction of sp³-hybridized carbons (Fsp3) is 1.00. The molecule has 0 aliphatic carbocycles. The van der Waals surface area contributed by atoms with Gasteiger partial charge in [0.15, 0.2) is 0 Å². The summed E-state index contributed by atoms with van der Waals surface area (Å²) in [6.45, 7) is 4.99. The molecule has 1 aliphatic rings. The lowest BCUT2D eigenvalue weighted by atomic mass is 9.75. The largest absolute Gasteiger partial charge is 0.344 e. The number of hydrogen-bond donors (Lipinski definition) is 0. The van der Waals surface area contributed by atoms with Gasteiger partial charge in [0.25, 0.3) is 0 Å². The zero-order chi connectivity index (χ0) is 6.04. The number of rotatable bonds is 0. The predicted octanol–water partition coefficient (Wildman–Crippen LogP) is 1.01. The Balaban J connectivity index is 2.33. The van der Waals surface area contributed by atoms with Crippen LogP contribution in [-0.2, 0) is 9.69 Å². The van der Waals surface area contributed by atoms with Gasteiger partial charge in [-0.1, -0.05) is 13.8 Å². The molecule has 0 bridgehead atoms. The Bertz CT molecular complexity index is 74.5. The Kier molecular flexibility index (Phi) is 1.58. The molecule has 2 nitrogen and oxygen atoms in total. The van der Waals surface area contributed by atoms with Gasteiger partial charge in [0, 0.05) is 0 Å². The van der Waals surface area contributed by atoms with Gasteiger partial charge in [-0.2, -0.15) is 0 Å². The Hall–Kier alpha value is -0.0151. The van der Waals surface area contributed by atoms with Crippen LogP contribution in [0.3, 0.4) is 0 Å². The maximum absolute atomic E-state index is 4.73. The van der Waals surface area contributed by atoms with Crippen LogP contribution < -0.4 is 0 Å². The molecular weight excluding hydrogens is 103 g/mol. The first-order chi connectivity index (χ1) is 3.71. The second-order valence-corrected chi connectivity index (χ2v) is 2.89. The zero-order valence-corrected chi connectivity index (χ0v) is 5.31. The summed E-state index contributed by atoms with van der Waals surface area (Å²) in [6, 6.07) is 0. The molecule has 1 radical (unpaired) electrons. The molecule has 0 atom stereocenters. The van der Waals surface area contributed by atoms with Crippen molar-refractivity contribution in [2.45, 2.75) is 20.2 Å². The van der Waals surface area contributed by atoms with Crippen LogP contribution in [0.25, 0.3) is 0 Å². The fourth-order valence-electron chi connectivity index (χ4n) is 0.560. The Labute approximate surface area is 50.4 Å². The quantitative estimate of drug-likeness (QED) is 0.344. The molecule has 1 saturated heterocycles. The molecule has 0 saturated carbocycles. The standard InChI is InChI=1S/C5H10BO2/c1-5(2)3-6-8-7-4-5/h3-4H2,1-2H3. The van der Waals surface area contributed by atoms with Crippen LogP contribution >= 0.6 is 0 Å². The van der Waals surface area contributed by atoms with Crippen LogP contribution in [0.5, 0.6) is 0 Å². The van der Waals surface area contributed by atoms with Crippen LogP contribution in [0.4, 0.5) is 0 Å². The molecule has 8 heavy (non-hydrogen) atoms. The first-order valence-electron chi connectivity index (χ1n) is 2.81. The van der Waals surface area contributed by atoms with Crippen molar-refractivity contribution in [3.8, 4) is 0 Å². The third-order valence-corrected chi connectivity index (χ3v) is 1.22. The van der Waals surface area contributed by atoms with E-state index in [-0.39, 0.29) is 5.41 Å². The van der Waals surface area contributed by atoms with E-state index in [1.54, 1.807) is 7.48 Å². The minimum absolute atomic E-state index is 0.276. The van der Waals surface area contributed by atoms with Gasteiger partial charge >= 0.3 is 7.48 Å². The molecule has 1 rings (SSSR count). The second kappa shape index (κ2) is 2.07. The highest BCUT2D eigenvalue weighted by Crippen LogP contribution is 2.23. The first kappa shape index (κ1) is 6.11. The SMILES string of the molecule is CC1(C)C[B]OOC1. The van der Waals surface area contributed by atoms with Crippen molar-refractivity contribution in [3.05, 3.63) is 0 Å². The van der Waals surface area contributed by atoms with Gasteiger partial charge in [-0.25, -0.2) is 0 Å². The summed E-state index contributed by atoms with van der Waals surface area (Å²) in [5, 5.41) is 0. The highest BCUT2D eigenvalue weighted by Gasteiger charge is 2.23. The van der Waals surface area contributed by atoms with E-state index >= 15 is 0 Å². The molecule has 0 unspecified atom stereocenters. The normalized spacial score (nSPS) is 26.8. The van der Waals surface area contributed by atoms with Crippen molar-refractivity contribution in [1.82, 2.24) is 0 Å². The van der Waals surface area contributed by atoms with Crippen molar-refractivity contribution < 1.29 is 9.69 Å². The van der Waals surface area contributed by atoms with E-state index in [2.05, 4.69) is 18.7 Å². The van der Waals surface area contributed by atoms with E-state index in [0.717, 1.165) is 6.32 Å². The Morgan fingerprint density at radius 2 is 2.25 bits per heavy atom. The molecule has 0 N–H and O–H groups in total. The molecule has 1 heterocycles. The topological polar surface area (TPSA) is 18.5 Å². The highest BCUT2D eigenvalue weighted by atomic mass is 17.2. The van der Waals surface area contributed by atoms with Gasteiger partial charge in [0.2, 0.25) is 0 Å². The summed E-state index contributed by atoms with van der Waals surface area (Å²) in [7, 11) is 1.70. The van der Waals surface area contributed by atoms with Crippen LogP contribution in [-0.4, -0.2) is 14.1 Å². The summed E-state index contributed by atoms with van der Waals surface area (Å²) < 4.78 is 0. The van der Waals surface area contributed by atoms with Crippen LogP contribution in [0, 0.1) is 5.41 Å². The van der Waals surface area contributed by atoms with Crippen molar-refractivity contribution >= 4 is 7.48 Å². The van der Waals surface area contributed by atoms with Crippen LogP contribution in [0.1, 0.15) is 13.8 Å². The summed E-state index contributed by atoms with van der Waals surface area (Å²) in [5.41, 5.74) is 0.276. The molecule has 1 aliphatic heterocycles. The second-order valence-electron chi connectivity index (χ2n) is 2.89. The highest BCUT2D eigenvalue weighted by molar-refractivity contribution is 6.27. The third kappa shape index (κ3) is 1.49. The fourth-order valence-corrected chi connectivity index (χ4v) is 0.560. The van der Waals surface area contributed by atoms with Gasteiger partial charge in [-0.15, -0.1) is 0 Å². The minimum atomic E-state index is 0.276. The van der Waals surface area contributed by atoms with Crippen molar-refractivity contribution in [1.29, 1.82) is 0 Å². The molecule has 0 amide bonds. The lowest BCUT2D eigenvalue weighted by Crippen LogP contribution is -2.27. The molecule has 0 aromatic carbocycles. The average molecular weight is 113 g/mol. The molecular formula is C5H10BO2. The summed E-state index contributed by atoms with van der Waals surface area (Å²) >= 11 is 0. The molecule has 45 valence electrons. The summed E-state index contributed by atoms with van der Waals surface area (Å²) in [4.78, 5) is 9.31. The molecule has 3 heteroatoms. The average Bonchev–Trinajstić information content (AvgIpc) is 1.65. The van der Waals surface area contributed by atoms with Crippen molar-refractivity contribution in [2.75, 3.05) is 6.61 Å². The Morgan fingerprint density at radius 1 is 1.50 bits per heavy atom. The van der Waals surface area contributed by atoms with E-state index < -0.39 is 0 Å². The summed E-state index contributed by atoms with van der Waals surface area (Å²) in [6.07, 6.45) is 0.979. The monoisotopic (exact) mass is 113 g/mol. The molecule has 0 aromatic rings. The van der Waals surface area contributed by atoms with Gasteiger partial charge in [0.05, 0.1) is 6.61 Å². The van der Waals surface area contributed by atoms with E-state index in [0.29, 0.717) is 6.61 Å². The Morgan fingerprint density at radius 3 is 2.50 bits per heavy atom. The van der Waals surface area contributed by atoms with Crippen LogP contribution in [0.2, 0.25) is 6.32 Å². The van der Waals surface area contributed by atoms with Crippen LogP contribution in [0.15, 0.2) is 0 Å².